The molecule has 0 radical (unpaired) electrons. The molecule has 0 aliphatic carbocycles. The first-order chi connectivity index (χ1) is 18.8. The fourth-order valence-corrected chi connectivity index (χ4v) is 3.78. The van der Waals surface area contributed by atoms with Gasteiger partial charge in [-0.15, -0.1) is 0 Å². The Bertz CT molecular complexity index is 1150. The Morgan fingerprint density at radius 1 is 1.07 bits per heavy atom. The second kappa shape index (κ2) is 16.3. The molecule has 0 fully saturated rings. The summed E-state index contributed by atoms with van der Waals surface area (Å²) in [6.07, 6.45) is 1.68. The minimum Gasteiger partial charge on any atom is -0.481 e. The number of hydrogen-bond acceptors (Lipinski definition) is 9. The molecule has 0 aliphatic rings. The van der Waals surface area contributed by atoms with E-state index in [1.807, 2.05) is 6.92 Å². The van der Waals surface area contributed by atoms with E-state index in [0.717, 1.165) is 6.07 Å². The van der Waals surface area contributed by atoms with Crippen molar-refractivity contribution in [2.24, 2.45) is 11.5 Å². The number of nitrogens with zero attached hydrogens (tertiary/aromatic N) is 1. The number of amides is 4. The maximum absolute atomic E-state index is 13.3. The van der Waals surface area contributed by atoms with Gasteiger partial charge in [-0.25, -0.2) is 0 Å². The maximum Gasteiger partial charge on any atom is 0.303 e. The van der Waals surface area contributed by atoms with Crippen LogP contribution in [0, 0.1) is 17.0 Å². The molecule has 1 aromatic rings. The highest BCUT2D eigenvalue weighted by Gasteiger charge is 2.29. The van der Waals surface area contributed by atoms with Crippen LogP contribution in [0.1, 0.15) is 61.9 Å². The minimum atomic E-state index is -1.41. The number of aryl methyl sites for hydroxylation is 1. The molecule has 15 nitrogen and oxygen atoms in total. The molecule has 2 unspecified atom stereocenters. The third-order valence-electron chi connectivity index (χ3n) is 5.61. The number of primary amides is 2. The molecule has 0 aliphatic heterocycles. The topological polar surface area (TPSA) is 249 Å². The van der Waals surface area contributed by atoms with Crippen molar-refractivity contribution in [3.63, 3.8) is 0 Å². The van der Waals surface area contributed by atoms with Gasteiger partial charge in [0.15, 0.2) is 0 Å². The van der Waals surface area contributed by atoms with Crippen molar-refractivity contribution < 1.29 is 34.0 Å². The van der Waals surface area contributed by atoms with E-state index in [-0.39, 0.29) is 30.6 Å². The number of carboxylic acid groups (broad SMARTS) is 1. The number of aliphatic carboxylic acids is 1. The minimum absolute atomic E-state index is 0.109. The molecule has 0 heterocycles. The maximum atomic E-state index is 13.3. The zero-order valence-electron chi connectivity index (χ0n) is 22.7. The van der Waals surface area contributed by atoms with Crippen LogP contribution in [-0.4, -0.2) is 64.8 Å². The van der Waals surface area contributed by atoms with Crippen LogP contribution in [0.4, 0.5) is 11.4 Å². The SMILES string of the molecule is CCC/C=C(/NCC(N)=O)C(CC(N)=O)NC(=O)C(CCC(=O)O)NC(=O)c1cc([N+](=O)[O-])cc(C)c1NCC. The lowest BCUT2D eigenvalue weighted by atomic mass is 10.0. The fraction of sp³-hybridized carbons (Fsp3) is 0.480. The molecule has 0 bridgehead atoms. The summed E-state index contributed by atoms with van der Waals surface area (Å²) in [5.41, 5.74) is 11.2. The van der Waals surface area contributed by atoms with Crippen molar-refractivity contribution in [2.45, 2.75) is 65.0 Å². The molecular formula is C25H37N7O8. The zero-order valence-corrected chi connectivity index (χ0v) is 22.7. The van der Waals surface area contributed by atoms with Crippen molar-refractivity contribution in [1.29, 1.82) is 0 Å². The number of nitrogens with one attached hydrogen (secondary N) is 4. The van der Waals surface area contributed by atoms with Gasteiger partial charge in [0, 0.05) is 30.8 Å². The molecule has 0 spiro atoms. The van der Waals surface area contributed by atoms with Crippen molar-refractivity contribution in [1.82, 2.24) is 16.0 Å². The number of non-ortho nitro benzene ring substituents is 1. The van der Waals surface area contributed by atoms with Crippen LogP contribution in [-0.2, 0) is 19.2 Å². The Kier molecular flexibility index (Phi) is 13.6. The summed E-state index contributed by atoms with van der Waals surface area (Å²) in [5, 5.41) is 31.4. The van der Waals surface area contributed by atoms with E-state index < -0.39 is 53.0 Å². The lowest BCUT2D eigenvalue weighted by Crippen LogP contribution is -2.52. The van der Waals surface area contributed by atoms with E-state index in [0.29, 0.717) is 36.3 Å². The summed E-state index contributed by atoms with van der Waals surface area (Å²) in [6.45, 7) is 5.33. The van der Waals surface area contributed by atoms with E-state index >= 15 is 0 Å². The molecule has 4 amide bonds. The predicted octanol–water partition coefficient (Wildman–Crippen LogP) is 0.417. The van der Waals surface area contributed by atoms with Gasteiger partial charge in [-0.05, 0) is 32.3 Å². The number of anilines is 1. The smallest absolute Gasteiger partial charge is 0.303 e. The molecular weight excluding hydrogens is 526 g/mol. The van der Waals surface area contributed by atoms with Gasteiger partial charge < -0.3 is 37.8 Å². The van der Waals surface area contributed by atoms with Crippen molar-refractivity contribution in [3.8, 4) is 0 Å². The van der Waals surface area contributed by atoms with Crippen LogP contribution in [0.15, 0.2) is 23.9 Å². The van der Waals surface area contributed by atoms with Crippen LogP contribution in [0.2, 0.25) is 0 Å². The summed E-state index contributed by atoms with van der Waals surface area (Å²) in [7, 11) is 0. The molecule has 9 N–H and O–H groups in total. The molecule has 0 saturated carbocycles. The highest BCUT2D eigenvalue weighted by atomic mass is 16.6. The Balaban J connectivity index is 3.40. The van der Waals surface area contributed by atoms with Gasteiger partial charge in [-0.1, -0.05) is 19.4 Å². The molecule has 15 heteroatoms. The number of carbonyl (C=O) groups is 5. The van der Waals surface area contributed by atoms with E-state index in [2.05, 4.69) is 21.3 Å². The normalized spacial score (nSPS) is 12.5. The number of carbonyl (C=O) groups excluding carboxylic acids is 4. The number of hydrogen-bond donors (Lipinski definition) is 7. The van der Waals surface area contributed by atoms with Gasteiger partial charge in [-0.2, -0.15) is 0 Å². The quantitative estimate of drug-likeness (QED) is 0.0957. The lowest BCUT2D eigenvalue weighted by Gasteiger charge is -2.26. The molecule has 2 atom stereocenters. The van der Waals surface area contributed by atoms with Gasteiger partial charge >= 0.3 is 5.97 Å². The predicted molar refractivity (Wildman–Crippen MR) is 146 cm³/mol. The number of unbranched alkanes of at least 4 members (excludes halogenated alkanes) is 1. The molecule has 1 rings (SSSR count). The van der Waals surface area contributed by atoms with Crippen LogP contribution < -0.4 is 32.7 Å². The first-order valence-corrected chi connectivity index (χ1v) is 12.7. The Morgan fingerprint density at radius 3 is 2.27 bits per heavy atom. The standard InChI is InChI=1S/C25H37N7O8/c1-4-6-7-17(29-13-21(27)34)19(12-20(26)33)31-25(38)18(8-9-22(35)36)30-24(37)16-11-15(32(39)40)10-14(3)23(16)28-5-2/h7,10-11,18-19,28-29H,4-6,8-9,12-13H2,1-3H3,(H2,26,33)(H2,27,34)(H,30,37)(H,31,38)(H,35,36)/b17-7+. The van der Waals surface area contributed by atoms with Crippen LogP contribution >= 0.6 is 0 Å². The third-order valence-corrected chi connectivity index (χ3v) is 5.61. The summed E-state index contributed by atoms with van der Waals surface area (Å²) in [5.74, 6) is -4.39. The Labute approximate surface area is 231 Å². The zero-order chi connectivity index (χ0) is 30.4. The van der Waals surface area contributed by atoms with Gasteiger partial charge in [-0.3, -0.25) is 34.1 Å². The summed E-state index contributed by atoms with van der Waals surface area (Å²) in [6, 6.07) is -0.0999. The highest BCUT2D eigenvalue weighted by molar-refractivity contribution is 6.03. The van der Waals surface area contributed by atoms with Gasteiger partial charge in [0.05, 0.1) is 35.2 Å². The first kappa shape index (κ1) is 33.3. The van der Waals surface area contributed by atoms with E-state index in [1.165, 1.54) is 6.07 Å². The van der Waals surface area contributed by atoms with Crippen molar-refractivity contribution >= 4 is 41.0 Å². The molecule has 40 heavy (non-hydrogen) atoms. The van der Waals surface area contributed by atoms with Crippen molar-refractivity contribution in [3.05, 3.63) is 45.1 Å². The molecule has 1 aromatic carbocycles. The third kappa shape index (κ3) is 11.0. The summed E-state index contributed by atoms with van der Waals surface area (Å²) >= 11 is 0. The number of nitrogens with two attached hydrogens (primary N) is 2. The number of benzene rings is 1. The lowest BCUT2D eigenvalue weighted by molar-refractivity contribution is -0.384. The first-order valence-electron chi connectivity index (χ1n) is 12.7. The molecule has 220 valence electrons. The van der Waals surface area contributed by atoms with Crippen LogP contribution in [0.3, 0.4) is 0 Å². The summed E-state index contributed by atoms with van der Waals surface area (Å²) in [4.78, 5) is 71.8. The number of allylic oxidation sites excluding steroid dienone is 1. The van der Waals surface area contributed by atoms with E-state index in [4.69, 9.17) is 11.5 Å². The number of nitro benzene ring substituents is 1. The Morgan fingerprint density at radius 2 is 1.75 bits per heavy atom. The monoisotopic (exact) mass is 563 g/mol. The van der Waals surface area contributed by atoms with Gasteiger partial charge in [0.25, 0.3) is 11.6 Å². The molecule has 0 aromatic heterocycles. The van der Waals surface area contributed by atoms with Crippen LogP contribution in [0.5, 0.6) is 0 Å². The van der Waals surface area contributed by atoms with Gasteiger partial charge in [0.1, 0.15) is 6.04 Å². The van der Waals surface area contributed by atoms with Gasteiger partial charge in [0.2, 0.25) is 17.7 Å². The fourth-order valence-electron chi connectivity index (χ4n) is 3.78. The second-order valence-electron chi connectivity index (χ2n) is 8.93. The number of nitro groups is 1. The average Bonchev–Trinajstić information content (AvgIpc) is 2.86. The summed E-state index contributed by atoms with van der Waals surface area (Å²) < 4.78 is 0. The highest BCUT2D eigenvalue weighted by Crippen LogP contribution is 2.27. The largest absolute Gasteiger partial charge is 0.481 e. The van der Waals surface area contributed by atoms with Crippen molar-refractivity contribution in [2.75, 3.05) is 18.4 Å². The van der Waals surface area contributed by atoms with Crippen LogP contribution in [0.25, 0.3) is 0 Å². The number of carboxylic acids is 1. The number of rotatable bonds is 18. The average molecular weight is 564 g/mol. The van der Waals surface area contributed by atoms with E-state index in [9.17, 15) is 39.2 Å². The second-order valence-corrected chi connectivity index (χ2v) is 8.93. The van der Waals surface area contributed by atoms with E-state index in [1.54, 1.807) is 19.9 Å². The molecule has 0 saturated heterocycles. The Hall–Kier alpha value is -4.69.